The van der Waals surface area contributed by atoms with Crippen molar-refractivity contribution in [3.8, 4) is 11.8 Å². The number of hydrogen-bond acceptors (Lipinski definition) is 4. The Kier molecular flexibility index (Phi) is 9.77. The summed E-state index contributed by atoms with van der Waals surface area (Å²) in [5.41, 5.74) is 6.54. The van der Waals surface area contributed by atoms with E-state index in [1.165, 1.54) is 16.5 Å². The zero-order valence-electron chi connectivity index (χ0n) is 26.9. The number of aryl methyl sites for hydroxylation is 1. The van der Waals surface area contributed by atoms with E-state index in [9.17, 15) is 4.79 Å². The van der Waals surface area contributed by atoms with Crippen LogP contribution in [0.5, 0.6) is 0 Å². The first-order valence-corrected chi connectivity index (χ1v) is 18.5. The van der Waals surface area contributed by atoms with Crippen LogP contribution in [0.4, 0.5) is 0 Å². The first-order valence-electron chi connectivity index (χ1n) is 15.6. The minimum atomic E-state index is -1.95. The van der Waals surface area contributed by atoms with E-state index >= 15 is 0 Å². The van der Waals surface area contributed by atoms with Crippen LogP contribution in [0.2, 0.25) is 18.1 Å². The number of fused-ring (bicyclic) bond motifs is 1. The summed E-state index contributed by atoms with van der Waals surface area (Å²) < 4.78 is 6.50. The van der Waals surface area contributed by atoms with Crippen LogP contribution in [0.3, 0.4) is 0 Å². The molecule has 5 rings (SSSR count). The molecule has 2 heterocycles. The zero-order valence-corrected chi connectivity index (χ0v) is 27.9. The number of carbonyl (C=O) groups is 1. The molecule has 2 unspecified atom stereocenters. The number of nitrogens with one attached hydrogen (secondary N) is 2. The van der Waals surface area contributed by atoms with Crippen LogP contribution in [0.25, 0.3) is 10.9 Å². The fourth-order valence-corrected chi connectivity index (χ4v) is 6.14. The minimum Gasteiger partial charge on any atom is -0.414 e. The van der Waals surface area contributed by atoms with Crippen molar-refractivity contribution >= 4 is 25.1 Å². The van der Waals surface area contributed by atoms with E-state index in [0.29, 0.717) is 26.1 Å². The van der Waals surface area contributed by atoms with Gasteiger partial charge in [0.15, 0.2) is 8.32 Å². The summed E-state index contributed by atoms with van der Waals surface area (Å²) in [6, 6.07) is 24.3. The highest BCUT2D eigenvalue weighted by molar-refractivity contribution is 6.74. The van der Waals surface area contributed by atoms with Gasteiger partial charge in [0.1, 0.15) is 12.1 Å². The number of H-pyrrole nitrogens is 1. The minimum absolute atomic E-state index is 0.0137. The van der Waals surface area contributed by atoms with Crippen LogP contribution in [0, 0.1) is 18.8 Å². The summed E-state index contributed by atoms with van der Waals surface area (Å²) in [6.07, 6.45) is 3.21. The van der Waals surface area contributed by atoms with E-state index in [1.807, 2.05) is 47.7 Å². The fourth-order valence-electron chi connectivity index (χ4n) is 5.11. The van der Waals surface area contributed by atoms with E-state index in [0.717, 1.165) is 28.6 Å². The third kappa shape index (κ3) is 7.88. The number of rotatable bonds is 9. The number of carbonyl (C=O) groups excluding carboxylic acids is 1. The first-order chi connectivity index (χ1) is 21.0. The SMILES string of the molecule is Cc1ccc(C#Cc2ccc(CN3OC(CO[Si](C)(C)C(C)(C)C)CC3C(=O)NCCc3c[nH]c4ccccc34)cc2)cc1. The molecular weight excluding hydrogens is 563 g/mol. The van der Waals surface area contributed by atoms with Crippen molar-refractivity contribution in [2.75, 3.05) is 13.2 Å². The average molecular weight is 608 g/mol. The number of amides is 1. The van der Waals surface area contributed by atoms with Gasteiger partial charge in [-0.15, -0.1) is 0 Å². The van der Waals surface area contributed by atoms with Crippen molar-refractivity contribution in [2.24, 2.45) is 0 Å². The number of nitrogens with zero attached hydrogens (tertiary/aromatic N) is 1. The maximum absolute atomic E-state index is 13.5. The van der Waals surface area contributed by atoms with Gasteiger partial charge in [0, 0.05) is 41.2 Å². The number of benzene rings is 3. The summed E-state index contributed by atoms with van der Waals surface area (Å²) >= 11 is 0. The lowest BCUT2D eigenvalue weighted by molar-refractivity contribution is -0.180. The van der Waals surface area contributed by atoms with Gasteiger partial charge in [0.25, 0.3) is 0 Å². The number of aromatic amines is 1. The van der Waals surface area contributed by atoms with Gasteiger partial charge in [-0.3, -0.25) is 9.63 Å². The fraction of sp³-hybridized carbons (Fsp3) is 0.378. The van der Waals surface area contributed by atoms with Gasteiger partial charge in [-0.25, -0.2) is 0 Å². The Morgan fingerprint density at radius 3 is 2.36 bits per heavy atom. The molecule has 44 heavy (non-hydrogen) atoms. The predicted octanol–water partition coefficient (Wildman–Crippen LogP) is 7.13. The summed E-state index contributed by atoms with van der Waals surface area (Å²) in [5.74, 6) is 6.47. The standard InChI is InChI=1S/C37H45N3O3Si/c1-27-11-13-28(14-12-27)15-16-29-17-19-30(20-18-29)25-40-35(23-32(43-40)26-42-44(5,6)37(2,3)4)36(41)38-22-21-31-24-39-34-10-8-7-9-33(31)34/h7-14,17-20,24,32,35,39H,21-23,25-26H2,1-6H3,(H,38,41). The molecule has 0 spiro atoms. The highest BCUT2D eigenvalue weighted by atomic mass is 28.4. The average Bonchev–Trinajstić information content (AvgIpc) is 3.60. The normalized spacial score (nSPS) is 17.4. The number of aromatic nitrogens is 1. The second-order valence-electron chi connectivity index (χ2n) is 13.3. The molecule has 2 atom stereocenters. The number of hydrogen-bond donors (Lipinski definition) is 2. The summed E-state index contributed by atoms with van der Waals surface area (Å²) in [4.78, 5) is 23.3. The maximum Gasteiger partial charge on any atom is 0.239 e. The molecule has 0 radical (unpaired) electrons. The van der Waals surface area contributed by atoms with Crippen molar-refractivity contribution in [2.45, 2.75) is 77.4 Å². The summed E-state index contributed by atoms with van der Waals surface area (Å²) in [5, 5.41) is 6.32. The van der Waals surface area contributed by atoms with E-state index in [1.54, 1.807) is 0 Å². The highest BCUT2D eigenvalue weighted by Gasteiger charge is 2.42. The molecule has 0 bridgehead atoms. The van der Waals surface area contributed by atoms with Gasteiger partial charge in [0.2, 0.25) is 5.91 Å². The monoisotopic (exact) mass is 607 g/mol. The van der Waals surface area contributed by atoms with Gasteiger partial charge in [-0.2, -0.15) is 5.06 Å². The van der Waals surface area contributed by atoms with Crippen LogP contribution in [0.15, 0.2) is 79.0 Å². The molecule has 1 amide bonds. The molecule has 1 saturated heterocycles. The molecular formula is C37H45N3O3Si. The van der Waals surface area contributed by atoms with Gasteiger partial charge in [0.05, 0.1) is 13.2 Å². The molecule has 1 aliphatic rings. The lowest BCUT2D eigenvalue weighted by Gasteiger charge is -2.36. The van der Waals surface area contributed by atoms with Crippen molar-refractivity contribution < 1.29 is 14.1 Å². The molecule has 7 heteroatoms. The zero-order chi connectivity index (χ0) is 31.3. The molecule has 230 valence electrons. The van der Waals surface area contributed by atoms with Gasteiger partial charge in [-0.05, 0) is 72.9 Å². The molecule has 1 fully saturated rings. The van der Waals surface area contributed by atoms with Gasteiger partial charge in [-0.1, -0.05) is 80.6 Å². The quantitative estimate of drug-likeness (QED) is 0.157. The van der Waals surface area contributed by atoms with Crippen LogP contribution in [-0.4, -0.2) is 49.6 Å². The molecule has 3 aromatic carbocycles. The largest absolute Gasteiger partial charge is 0.414 e. The Morgan fingerprint density at radius 2 is 1.68 bits per heavy atom. The van der Waals surface area contributed by atoms with Crippen molar-refractivity contribution in [3.63, 3.8) is 0 Å². The van der Waals surface area contributed by atoms with Crippen molar-refractivity contribution in [1.82, 2.24) is 15.4 Å². The molecule has 2 N–H and O–H groups in total. The highest BCUT2D eigenvalue weighted by Crippen LogP contribution is 2.37. The Hall–Kier alpha value is -3.67. The lowest BCUT2D eigenvalue weighted by Crippen LogP contribution is -2.43. The van der Waals surface area contributed by atoms with Crippen molar-refractivity contribution in [1.29, 1.82) is 0 Å². The van der Waals surface area contributed by atoms with Crippen LogP contribution < -0.4 is 5.32 Å². The maximum atomic E-state index is 13.5. The number of hydroxylamine groups is 2. The molecule has 6 nitrogen and oxygen atoms in total. The Balaban J connectivity index is 1.24. The smallest absolute Gasteiger partial charge is 0.239 e. The predicted molar refractivity (Wildman–Crippen MR) is 181 cm³/mol. The van der Waals surface area contributed by atoms with Gasteiger partial charge >= 0.3 is 0 Å². The first kappa shape index (κ1) is 31.7. The number of para-hydroxylation sites is 1. The Labute approximate surface area is 263 Å². The van der Waals surface area contributed by atoms with Gasteiger partial charge < -0.3 is 14.7 Å². The second-order valence-corrected chi connectivity index (χ2v) is 18.1. The second kappa shape index (κ2) is 13.5. The third-order valence-corrected chi connectivity index (χ3v) is 13.4. The van der Waals surface area contributed by atoms with E-state index in [-0.39, 0.29) is 17.0 Å². The molecule has 1 aliphatic heterocycles. The van der Waals surface area contributed by atoms with Crippen LogP contribution in [-0.2, 0) is 27.0 Å². The van der Waals surface area contributed by atoms with E-state index in [4.69, 9.17) is 9.26 Å². The van der Waals surface area contributed by atoms with Crippen molar-refractivity contribution in [3.05, 3.63) is 107 Å². The van der Waals surface area contributed by atoms with Crippen LogP contribution >= 0.6 is 0 Å². The molecule has 0 saturated carbocycles. The molecule has 0 aliphatic carbocycles. The van der Waals surface area contributed by atoms with E-state index < -0.39 is 14.4 Å². The van der Waals surface area contributed by atoms with Crippen LogP contribution in [0.1, 0.15) is 55.0 Å². The Morgan fingerprint density at radius 1 is 1.02 bits per heavy atom. The lowest BCUT2D eigenvalue weighted by atomic mass is 10.1. The molecule has 1 aromatic heterocycles. The van der Waals surface area contributed by atoms with E-state index in [2.05, 4.69) is 99.3 Å². The summed E-state index contributed by atoms with van der Waals surface area (Å²) in [7, 11) is -1.95. The molecule has 4 aromatic rings. The topological polar surface area (TPSA) is 66.6 Å². The summed E-state index contributed by atoms with van der Waals surface area (Å²) in [6.45, 7) is 14.8. The third-order valence-electron chi connectivity index (χ3n) is 8.92. The Bertz CT molecular complexity index is 1630.